The quantitative estimate of drug-likeness (QED) is 0.830. The number of piperazine rings is 1. The van der Waals surface area contributed by atoms with Gasteiger partial charge in [-0.05, 0) is 68.4 Å². The van der Waals surface area contributed by atoms with Crippen molar-refractivity contribution in [1.82, 2.24) is 15.2 Å². The third kappa shape index (κ3) is 3.74. The number of rotatable bonds is 5. The zero-order valence-corrected chi connectivity index (χ0v) is 17.2. The van der Waals surface area contributed by atoms with Crippen LogP contribution in [0, 0.1) is 23.2 Å². The molecule has 1 aromatic heterocycles. The minimum absolute atomic E-state index is 0.119. The highest BCUT2D eigenvalue weighted by Crippen LogP contribution is 2.60. The van der Waals surface area contributed by atoms with E-state index in [0.717, 1.165) is 69.0 Å². The second kappa shape index (κ2) is 7.62. The molecule has 6 heteroatoms. The number of pyridine rings is 1. The van der Waals surface area contributed by atoms with Gasteiger partial charge >= 0.3 is 0 Å². The van der Waals surface area contributed by atoms with E-state index in [1.54, 1.807) is 6.20 Å². The van der Waals surface area contributed by atoms with Crippen LogP contribution in [0.1, 0.15) is 44.9 Å². The van der Waals surface area contributed by atoms with Crippen LogP contribution in [0.25, 0.3) is 0 Å². The third-order valence-electron chi connectivity index (χ3n) is 7.75. The van der Waals surface area contributed by atoms with Crippen molar-refractivity contribution in [3.63, 3.8) is 0 Å². The predicted octanol–water partition coefficient (Wildman–Crippen LogP) is 2.45. The first-order valence-corrected chi connectivity index (χ1v) is 11.3. The lowest BCUT2D eigenvalue weighted by molar-refractivity contribution is -0.146. The number of carbonyl (C=O) groups is 2. The van der Waals surface area contributed by atoms with Crippen molar-refractivity contribution in [3.05, 3.63) is 24.4 Å². The van der Waals surface area contributed by atoms with E-state index in [-0.39, 0.29) is 17.2 Å². The maximum atomic E-state index is 13.0. The van der Waals surface area contributed by atoms with E-state index >= 15 is 0 Å². The smallest absolute Gasteiger partial charge is 0.226 e. The Morgan fingerprint density at radius 2 is 1.66 bits per heavy atom. The van der Waals surface area contributed by atoms with E-state index in [9.17, 15) is 9.59 Å². The number of nitrogens with one attached hydrogen (secondary N) is 1. The molecule has 1 saturated heterocycles. The van der Waals surface area contributed by atoms with E-state index in [1.165, 1.54) is 19.3 Å². The summed E-state index contributed by atoms with van der Waals surface area (Å²) in [6, 6.07) is 5.92. The molecule has 0 radical (unpaired) electrons. The second-order valence-corrected chi connectivity index (χ2v) is 9.76. The van der Waals surface area contributed by atoms with Gasteiger partial charge in [-0.2, -0.15) is 0 Å². The summed E-state index contributed by atoms with van der Waals surface area (Å²) in [6.45, 7) is 3.53. The van der Waals surface area contributed by atoms with Gasteiger partial charge in [0, 0.05) is 50.8 Å². The number of hydrogen-bond acceptors (Lipinski definition) is 4. The standard InChI is InChI=1S/C23H32N4O2/c28-21(27-9-7-26(8-10-27)20-3-1-2-5-24-20)4-6-25-22(29)23-14-17-11-18(15-23)13-19(12-17)16-23/h1-3,5,17-19H,4,6-16H2,(H,25,29). The third-order valence-corrected chi connectivity index (χ3v) is 7.75. The molecule has 4 saturated carbocycles. The minimum atomic E-state index is -0.119. The Balaban J connectivity index is 1.08. The summed E-state index contributed by atoms with van der Waals surface area (Å²) in [4.78, 5) is 34.2. The monoisotopic (exact) mass is 396 g/mol. The first-order chi connectivity index (χ1) is 14.1. The number of nitrogens with zero attached hydrogens (tertiary/aromatic N) is 3. The first-order valence-electron chi connectivity index (χ1n) is 11.3. The van der Waals surface area contributed by atoms with Gasteiger partial charge in [0.15, 0.2) is 0 Å². The van der Waals surface area contributed by atoms with E-state index < -0.39 is 0 Å². The summed E-state index contributed by atoms with van der Waals surface area (Å²) in [7, 11) is 0. The van der Waals surface area contributed by atoms with Crippen molar-refractivity contribution in [1.29, 1.82) is 0 Å². The predicted molar refractivity (Wildman–Crippen MR) is 111 cm³/mol. The van der Waals surface area contributed by atoms with E-state index in [2.05, 4.69) is 15.2 Å². The second-order valence-electron chi connectivity index (χ2n) is 9.76. The van der Waals surface area contributed by atoms with Crippen molar-refractivity contribution in [2.45, 2.75) is 44.9 Å². The fourth-order valence-corrected chi connectivity index (χ4v) is 6.74. The molecule has 5 aliphatic rings. The highest BCUT2D eigenvalue weighted by atomic mass is 16.2. The van der Waals surface area contributed by atoms with Gasteiger partial charge in [-0.25, -0.2) is 4.98 Å². The van der Waals surface area contributed by atoms with Crippen molar-refractivity contribution >= 4 is 17.6 Å². The molecule has 1 aliphatic heterocycles. The number of amides is 2. The van der Waals surface area contributed by atoms with Gasteiger partial charge in [0.05, 0.1) is 0 Å². The molecule has 6 rings (SSSR count). The Hall–Kier alpha value is -2.11. The summed E-state index contributed by atoms with van der Waals surface area (Å²) in [5.41, 5.74) is -0.119. The molecule has 4 bridgehead atoms. The van der Waals surface area contributed by atoms with E-state index in [0.29, 0.717) is 13.0 Å². The van der Waals surface area contributed by atoms with E-state index in [1.807, 2.05) is 23.1 Å². The Morgan fingerprint density at radius 3 is 2.24 bits per heavy atom. The lowest BCUT2D eigenvalue weighted by Gasteiger charge is -2.55. The van der Waals surface area contributed by atoms with Gasteiger partial charge < -0.3 is 15.1 Å². The summed E-state index contributed by atoms with van der Waals surface area (Å²) in [6.07, 6.45) is 9.47. The summed E-state index contributed by atoms with van der Waals surface area (Å²) >= 11 is 0. The van der Waals surface area contributed by atoms with Gasteiger partial charge in [-0.1, -0.05) is 6.07 Å². The largest absolute Gasteiger partial charge is 0.355 e. The summed E-state index contributed by atoms with van der Waals surface area (Å²) in [5, 5.41) is 3.14. The van der Waals surface area contributed by atoms with Crippen LogP contribution in [0.4, 0.5) is 5.82 Å². The molecule has 6 nitrogen and oxygen atoms in total. The molecule has 0 atom stereocenters. The average molecular weight is 397 g/mol. The Labute approximate surface area is 173 Å². The van der Waals surface area contributed by atoms with Crippen LogP contribution < -0.4 is 10.2 Å². The van der Waals surface area contributed by atoms with Crippen LogP contribution in [0.5, 0.6) is 0 Å². The molecule has 29 heavy (non-hydrogen) atoms. The van der Waals surface area contributed by atoms with Crippen molar-refractivity contribution in [3.8, 4) is 0 Å². The van der Waals surface area contributed by atoms with E-state index in [4.69, 9.17) is 0 Å². The van der Waals surface area contributed by atoms with Crippen LogP contribution in [0.2, 0.25) is 0 Å². The molecule has 4 aliphatic carbocycles. The zero-order valence-electron chi connectivity index (χ0n) is 17.2. The lowest BCUT2D eigenvalue weighted by atomic mass is 9.49. The SMILES string of the molecule is O=C(CCNC(=O)C12CC3CC(CC(C3)C1)C2)N1CCN(c2ccccn2)CC1. The van der Waals surface area contributed by atoms with Gasteiger partial charge in [0.25, 0.3) is 0 Å². The first kappa shape index (κ1) is 18.9. The summed E-state index contributed by atoms with van der Waals surface area (Å²) in [5.74, 6) is 3.65. The maximum Gasteiger partial charge on any atom is 0.226 e. The molecule has 2 amide bonds. The maximum absolute atomic E-state index is 13.0. The molecule has 0 spiro atoms. The highest BCUT2D eigenvalue weighted by Gasteiger charge is 2.54. The zero-order chi connectivity index (χ0) is 19.8. The molecular weight excluding hydrogens is 364 g/mol. The lowest BCUT2D eigenvalue weighted by Crippen LogP contribution is -2.54. The number of aromatic nitrogens is 1. The molecule has 5 fully saturated rings. The number of hydrogen-bond donors (Lipinski definition) is 1. The number of anilines is 1. The van der Waals surface area contributed by atoms with Crippen LogP contribution in [-0.2, 0) is 9.59 Å². The minimum Gasteiger partial charge on any atom is -0.355 e. The Kier molecular flexibility index (Phi) is 4.96. The van der Waals surface area contributed by atoms with Crippen molar-refractivity contribution in [2.75, 3.05) is 37.6 Å². The van der Waals surface area contributed by atoms with Gasteiger partial charge in [0.2, 0.25) is 11.8 Å². The van der Waals surface area contributed by atoms with Crippen LogP contribution in [0.3, 0.4) is 0 Å². The van der Waals surface area contributed by atoms with Gasteiger partial charge in [0.1, 0.15) is 5.82 Å². The molecule has 2 heterocycles. The average Bonchev–Trinajstić information content (AvgIpc) is 2.73. The van der Waals surface area contributed by atoms with Crippen molar-refractivity contribution < 1.29 is 9.59 Å². The number of carbonyl (C=O) groups excluding carboxylic acids is 2. The highest BCUT2D eigenvalue weighted by molar-refractivity contribution is 5.84. The topological polar surface area (TPSA) is 65.5 Å². The fourth-order valence-electron chi connectivity index (χ4n) is 6.74. The van der Waals surface area contributed by atoms with Crippen LogP contribution in [0.15, 0.2) is 24.4 Å². The molecule has 1 N–H and O–H groups in total. The van der Waals surface area contributed by atoms with Crippen LogP contribution in [-0.4, -0.2) is 54.4 Å². The molecule has 0 aromatic carbocycles. The van der Waals surface area contributed by atoms with Gasteiger partial charge in [-0.3, -0.25) is 9.59 Å². The van der Waals surface area contributed by atoms with Crippen LogP contribution >= 0.6 is 0 Å². The van der Waals surface area contributed by atoms with Gasteiger partial charge in [-0.15, -0.1) is 0 Å². The normalized spacial score (nSPS) is 33.0. The molecule has 0 unspecified atom stereocenters. The fraction of sp³-hybridized carbons (Fsp3) is 0.696. The molecular formula is C23H32N4O2. The molecule has 1 aromatic rings. The van der Waals surface area contributed by atoms with Crippen molar-refractivity contribution in [2.24, 2.45) is 23.2 Å². The summed E-state index contributed by atoms with van der Waals surface area (Å²) < 4.78 is 0. The Morgan fingerprint density at radius 1 is 1.00 bits per heavy atom. The Bertz CT molecular complexity index is 722. The molecule has 156 valence electrons.